The molecule has 3 rings (SSSR count). The third-order valence-corrected chi connectivity index (χ3v) is 5.29. The van der Waals surface area contributed by atoms with Gasteiger partial charge in [0, 0.05) is 12.6 Å². The molecule has 0 saturated carbocycles. The minimum absolute atomic E-state index is 0.142. The van der Waals surface area contributed by atoms with Gasteiger partial charge in [0.25, 0.3) is 5.69 Å². The van der Waals surface area contributed by atoms with E-state index in [1.165, 1.54) is 19.2 Å². The van der Waals surface area contributed by atoms with Gasteiger partial charge in [-0.15, -0.1) is 0 Å². The van der Waals surface area contributed by atoms with E-state index in [1.807, 2.05) is 12.1 Å². The van der Waals surface area contributed by atoms with Crippen molar-refractivity contribution in [2.45, 2.75) is 11.4 Å². The first-order valence-corrected chi connectivity index (χ1v) is 9.91. The Morgan fingerprint density at radius 3 is 2.45 bits per heavy atom. The van der Waals surface area contributed by atoms with Gasteiger partial charge in [0.15, 0.2) is 0 Å². The summed E-state index contributed by atoms with van der Waals surface area (Å²) in [7, 11) is -2.76. The van der Waals surface area contributed by atoms with Gasteiger partial charge in [-0.3, -0.25) is 10.1 Å². The highest BCUT2D eigenvalue weighted by Crippen LogP contribution is 2.29. The van der Waals surface area contributed by atoms with Crippen LogP contribution in [0.15, 0.2) is 59.5 Å². The molecule has 0 unspecified atom stereocenters. The summed E-state index contributed by atoms with van der Waals surface area (Å²) in [4.78, 5) is 22.3. The molecule has 3 aromatic carbocycles. The van der Waals surface area contributed by atoms with Crippen LogP contribution in [0.1, 0.15) is 15.9 Å². The maximum atomic E-state index is 12.0. The van der Waals surface area contributed by atoms with Crippen molar-refractivity contribution in [1.82, 2.24) is 0 Å². The number of nitro groups is 1. The molecule has 3 aromatic rings. The molecule has 0 heterocycles. The van der Waals surface area contributed by atoms with Crippen LogP contribution >= 0.6 is 0 Å². The monoisotopic (exact) mass is 415 g/mol. The standard InChI is InChI=1S/C19H17N3O6S/c1-28-19(23)16-8-6-12(14-4-2-3-5-15(14)16)11-21-17-9-7-13(29(20,26)27)10-18(17)22(24)25/h2-10,21H,11H2,1H3,(H2,20,26,27). The molecule has 0 bridgehead atoms. The molecule has 0 aromatic heterocycles. The molecule has 0 saturated heterocycles. The van der Waals surface area contributed by atoms with Gasteiger partial charge in [0.2, 0.25) is 10.0 Å². The minimum Gasteiger partial charge on any atom is -0.465 e. The molecule has 29 heavy (non-hydrogen) atoms. The maximum absolute atomic E-state index is 12.0. The molecule has 0 aliphatic rings. The Morgan fingerprint density at radius 2 is 1.83 bits per heavy atom. The highest BCUT2D eigenvalue weighted by molar-refractivity contribution is 7.89. The van der Waals surface area contributed by atoms with E-state index in [1.54, 1.807) is 24.3 Å². The van der Waals surface area contributed by atoms with Crippen LogP contribution in [0.25, 0.3) is 10.8 Å². The summed E-state index contributed by atoms with van der Waals surface area (Å²) in [5.41, 5.74) is 0.934. The number of primary sulfonamides is 1. The van der Waals surface area contributed by atoms with Gasteiger partial charge in [-0.05, 0) is 34.5 Å². The molecular weight excluding hydrogens is 398 g/mol. The Kier molecular flexibility index (Phi) is 5.48. The molecule has 10 heteroatoms. The molecule has 0 atom stereocenters. The van der Waals surface area contributed by atoms with E-state index in [0.29, 0.717) is 10.9 Å². The number of sulfonamides is 1. The zero-order valence-electron chi connectivity index (χ0n) is 15.3. The van der Waals surface area contributed by atoms with Crippen LogP contribution in [0.4, 0.5) is 11.4 Å². The summed E-state index contributed by atoms with van der Waals surface area (Å²) in [6, 6.07) is 14.0. The Labute approximate surface area is 166 Å². The first-order valence-electron chi connectivity index (χ1n) is 8.36. The Balaban J connectivity index is 1.98. The molecular formula is C19H17N3O6S. The summed E-state index contributed by atoms with van der Waals surface area (Å²) < 4.78 is 27.7. The second-order valence-electron chi connectivity index (χ2n) is 6.14. The minimum atomic E-state index is -4.06. The molecule has 0 spiro atoms. The SMILES string of the molecule is COC(=O)c1ccc(CNc2ccc(S(N)(=O)=O)cc2[N+](=O)[O-])c2ccccc12. The van der Waals surface area contributed by atoms with Gasteiger partial charge in [0.1, 0.15) is 5.69 Å². The number of nitrogens with zero attached hydrogens (tertiary/aromatic N) is 1. The number of nitrogens with one attached hydrogen (secondary N) is 1. The number of nitrogens with two attached hydrogens (primary N) is 1. The molecule has 3 N–H and O–H groups in total. The fraction of sp³-hybridized carbons (Fsp3) is 0.105. The van der Waals surface area contributed by atoms with E-state index < -0.39 is 26.6 Å². The van der Waals surface area contributed by atoms with Crippen molar-refractivity contribution in [3.05, 3.63) is 75.8 Å². The maximum Gasteiger partial charge on any atom is 0.338 e. The lowest BCUT2D eigenvalue weighted by atomic mass is 9.99. The van der Waals surface area contributed by atoms with E-state index in [2.05, 4.69) is 5.32 Å². The molecule has 0 radical (unpaired) electrons. The number of anilines is 1. The topological polar surface area (TPSA) is 142 Å². The summed E-state index contributed by atoms with van der Waals surface area (Å²) in [5, 5.41) is 20.8. The Morgan fingerprint density at radius 1 is 1.14 bits per heavy atom. The number of fused-ring (bicyclic) bond motifs is 1. The molecule has 0 fully saturated rings. The lowest BCUT2D eigenvalue weighted by Gasteiger charge is -2.12. The zero-order chi connectivity index (χ0) is 21.2. The van der Waals surface area contributed by atoms with Crippen molar-refractivity contribution in [2.24, 2.45) is 5.14 Å². The normalized spacial score (nSPS) is 11.2. The Hall–Kier alpha value is -3.50. The largest absolute Gasteiger partial charge is 0.465 e. The predicted molar refractivity (Wildman–Crippen MR) is 107 cm³/mol. The van der Waals surface area contributed by atoms with E-state index >= 15 is 0 Å². The lowest BCUT2D eigenvalue weighted by Crippen LogP contribution is -2.13. The summed E-state index contributed by atoms with van der Waals surface area (Å²) in [6.07, 6.45) is 0. The highest BCUT2D eigenvalue weighted by Gasteiger charge is 2.19. The Bertz CT molecular complexity index is 1220. The van der Waals surface area contributed by atoms with E-state index in [9.17, 15) is 23.3 Å². The van der Waals surface area contributed by atoms with Crippen LogP contribution in [0.3, 0.4) is 0 Å². The number of methoxy groups -OCH3 is 1. The lowest BCUT2D eigenvalue weighted by molar-refractivity contribution is -0.384. The summed E-state index contributed by atoms with van der Waals surface area (Å²) >= 11 is 0. The van der Waals surface area contributed by atoms with Gasteiger partial charge < -0.3 is 10.1 Å². The average molecular weight is 415 g/mol. The first kappa shape index (κ1) is 20.2. The smallest absolute Gasteiger partial charge is 0.338 e. The van der Waals surface area contributed by atoms with Gasteiger partial charge in [-0.25, -0.2) is 18.4 Å². The van der Waals surface area contributed by atoms with Crippen molar-refractivity contribution in [3.63, 3.8) is 0 Å². The van der Waals surface area contributed by atoms with Gasteiger partial charge in [-0.2, -0.15) is 0 Å². The van der Waals surface area contributed by atoms with Crippen molar-refractivity contribution in [3.8, 4) is 0 Å². The number of hydrogen-bond acceptors (Lipinski definition) is 7. The molecule has 0 aliphatic heterocycles. The quantitative estimate of drug-likeness (QED) is 0.358. The number of rotatable bonds is 6. The molecule has 9 nitrogen and oxygen atoms in total. The van der Waals surface area contributed by atoms with Gasteiger partial charge in [0.05, 0.1) is 22.5 Å². The third-order valence-electron chi connectivity index (χ3n) is 4.38. The number of carbonyl (C=O) groups excluding carboxylic acids is 1. The van der Waals surface area contributed by atoms with Crippen LogP contribution in [0.2, 0.25) is 0 Å². The van der Waals surface area contributed by atoms with E-state index in [0.717, 1.165) is 17.0 Å². The molecule has 150 valence electrons. The fourth-order valence-electron chi connectivity index (χ4n) is 2.98. The average Bonchev–Trinajstić information content (AvgIpc) is 2.70. The second kappa shape index (κ2) is 7.86. The van der Waals surface area contributed by atoms with Crippen LogP contribution in [0, 0.1) is 10.1 Å². The van der Waals surface area contributed by atoms with Crippen LogP contribution < -0.4 is 10.5 Å². The molecule has 0 aliphatic carbocycles. The number of carbonyl (C=O) groups is 1. The van der Waals surface area contributed by atoms with Crippen molar-refractivity contribution in [2.75, 3.05) is 12.4 Å². The number of ether oxygens (including phenoxy) is 1. The fourth-order valence-corrected chi connectivity index (χ4v) is 3.52. The number of benzene rings is 3. The zero-order valence-corrected chi connectivity index (χ0v) is 16.1. The summed E-state index contributed by atoms with van der Waals surface area (Å²) in [6.45, 7) is 0.206. The number of hydrogen-bond donors (Lipinski definition) is 2. The highest BCUT2D eigenvalue weighted by atomic mass is 32.2. The van der Waals surface area contributed by atoms with Crippen molar-refractivity contribution in [1.29, 1.82) is 0 Å². The van der Waals surface area contributed by atoms with Gasteiger partial charge >= 0.3 is 5.97 Å². The second-order valence-corrected chi connectivity index (χ2v) is 7.71. The third kappa shape index (κ3) is 4.18. The van der Waals surface area contributed by atoms with Crippen molar-refractivity contribution >= 4 is 38.1 Å². The van der Waals surface area contributed by atoms with Crippen LogP contribution in [-0.2, 0) is 21.3 Å². The predicted octanol–water partition coefficient (Wildman–Crippen LogP) is 2.79. The van der Waals surface area contributed by atoms with E-state index in [4.69, 9.17) is 9.88 Å². The van der Waals surface area contributed by atoms with Crippen molar-refractivity contribution < 1.29 is 22.9 Å². The summed E-state index contributed by atoms with van der Waals surface area (Å²) in [5.74, 6) is -0.463. The molecule has 0 amide bonds. The van der Waals surface area contributed by atoms with E-state index in [-0.39, 0.29) is 17.1 Å². The van der Waals surface area contributed by atoms with Gasteiger partial charge in [-0.1, -0.05) is 30.3 Å². The van der Waals surface area contributed by atoms with Crippen LogP contribution in [0.5, 0.6) is 0 Å². The van der Waals surface area contributed by atoms with Crippen LogP contribution in [-0.4, -0.2) is 26.4 Å². The first-order chi connectivity index (χ1) is 13.7. The number of nitro benzene ring substituents is 1. The number of esters is 1.